The van der Waals surface area contributed by atoms with Crippen LogP contribution in [0.1, 0.15) is 118 Å². The van der Waals surface area contributed by atoms with Gasteiger partial charge in [0.1, 0.15) is 23.7 Å². The average Bonchev–Trinajstić information content (AvgIpc) is 4.07. The van der Waals surface area contributed by atoms with E-state index in [1.165, 1.54) is 48.9 Å². The zero-order chi connectivity index (χ0) is 58.4. The number of hydrogen-bond acceptors (Lipinski definition) is 15. The molecule has 452 valence electrons. The first-order valence-corrected chi connectivity index (χ1v) is 28.8. The fourth-order valence-electron chi connectivity index (χ4n) is 9.58. The number of nitrogens with one attached hydrogen (secondary N) is 7. The number of benzene rings is 2. The van der Waals surface area contributed by atoms with Gasteiger partial charge in [-0.25, -0.2) is 14.4 Å². The SMILES string of the molecule is CCOC(=O)[C@H](Cc1ccc(NC(=O)c2c(Cl)cncc2Cl)cc1)NC(=O)[C@@H]1CC(NC2CCC2)CN1.CCOC(=O)[C@H](Cc1ccc(NC(=O)c2c(Cl)cncc2Cl)cc1)NC(=O)[C@@H]1CC(NC2CCC2)CN1C(=O)OC(C)(C)C.Cl.Cl. The third-order valence-corrected chi connectivity index (χ3v) is 15.2. The molecule has 4 heterocycles. The van der Waals surface area contributed by atoms with Crippen molar-refractivity contribution in [1.29, 1.82) is 0 Å². The van der Waals surface area contributed by atoms with E-state index in [0.29, 0.717) is 48.4 Å². The number of likely N-dealkylation sites (tertiary alicyclic amines) is 1. The van der Waals surface area contributed by atoms with E-state index in [1.807, 2.05) is 0 Å². The first kappa shape index (κ1) is 68.2. The lowest BCUT2D eigenvalue weighted by molar-refractivity contribution is -0.148. The quantitative estimate of drug-likeness (QED) is 0.0322. The lowest BCUT2D eigenvalue weighted by Gasteiger charge is -2.30. The van der Waals surface area contributed by atoms with Gasteiger partial charge in [0.2, 0.25) is 11.8 Å². The number of carbonyl (C=O) groups excluding carboxylic acids is 7. The molecule has 2 aliphatic heterocycles. The molecule has 2 aromatic carbocycles. The first-order valence-electron chi connectivity index (χ1n) is 27.3. The lowest BCUT2D eigenvalue weighted by atomic mass is 9.92. The second kappa shape index (κ2) is 32.1. The highest BCUT2D eigenvalue weighted by molar-refractivity contribution is 6.41. The predicted molar refractivity (Wildman–Crippen MR) is 323 cm³/mol. The molecule has 20 nitrogen and oxygen atoms in total. The van der Waals surface area contributed by atoms with E-state index in [1.54, 1.807) is 83.1 Å². The highest BCUT2D eigenvalue weighted by Crippen LogP contribution is 2.29. The lowest BCUT2D eigenvalue weighted by Crippen LogP contribution is -2.52. The molecule has 6 atom stereocenters. The van der Waals surface area contributed by atoms with Crippen molar-refractivity contribution in [2.75, 3.05) is 36.9 Å². The predicted octanol–water partition coefficient (Wildman–Crippen LogP) is 8.70. The Morgan fingerprint density at radius 3 is 1.43 bits per heavy atom. The van der Waals surface area contributed by atoms with Crippen molar-refractivity contribution >= 4 is 124 Å². The maximum Gasteiger partial charge on any atom is 0.411 e. The van der Waals surface area contributed by atoms with Gasteiger partial charge in [-0.1, -0.05) is 83.5 Å². The Morgan fingerprint density at radius 1 is 0.614 bits per heavy atom. The summed E-state index contributed by atoms with van der Waals surface area (Å²) < 4.78 is 16.1. The molecule has 26 heteroatoms. The number of rotatable bonds is 20. The van der Waals surface area contributed by atoms with Crippen LogP contribution in [0.4, 0.5) is 16.2 Å². The largest absolute Gasteiger partial charge is 0.464 e. The zero-order valence-corrected chi connectivity index (χ0v) is 51.4. The van der Waals surface area contributed by atoms with Crippen LogP contribution in [0.2, 0.25) is 20.1 Å². The Hall–Kier alpha value is -5.55. The number of ether oxygens (including phenoxy) is 3. The van der Waals surface area contributed by atoms with Crippen molar-refractivity contribution in [2.24, 2.45) is 0 Å². The van der Waals surface area contributed by atoms with E-state index < -0.39 is 59.5 Å². The summed E-state index contributed by atoms with van der Waals surface area (Å²) in [7, 11) is 0. The van der Waals surface area contributed by atoms with E-state index in [2.05, 4.69) is 47.2 Å². The number of carbonyl (C=O) groups is 7. The first-order chi connectivity index (χ1) is 38.7. The zero-order valence-electron chi connectivity index (χ0n) is 46.7. The van der Waals surface area contributed by atoms with Crippen LogP contribution < -0.4 is 37.2 Å². The molecular weight excluding hydrogens is 1200 g/mol. The number of amides is 5. The molecule has 8 rings (SSSR count). The van der Waals surface area contributed by atoms with Crippen LogP contribution in [-0.2, 0) is 46.2 Å². The number of pyridine rings is 2. The minimum Gasteiger partial charge on any atom is -0.464 e. The van der Waals surface area contributed by atoms with Crippen molar-refractivity contribution in [2.45, 2.75) is 153 Å². The minimum atomic E-state index is -1.00. The van der Waals surface area contributed by atoms with Gasteiger partial charge in [-0.2, -0.15) is 0 Å². The van der Waals surface area contributed by atoms with E-state index in [0.717, 1.165) is 31.4 Å². The van der Waals surface area contributed by atoms with Gasteiger partial charge in [-0.05, 0) is 109 Å². The van der Waals surface area contributed by atoms with Gasteiger partial charge in [0.05, 0.1) is 50.5 Å². The molecule has 0 bridgehead atoms. The monoisotopic (exact) mass is 1270 g/mol. The van der Waals surface area contributed by atoms with E-state index in [4.69, 9.17) is 60.6 Å². The van der Waals surface area contributed by atoms with Gasteiger partial charge in [-0.15, -0.1) is 24.8 Å². The Labute approximate surface area is 515 Å². The topological polar surface area (TPSA) is 260 Å². The van der Waals surface area contributed by atoms with Gasteiger partial charge in [0, 0.05) is 86.3 Å². The minimum absolute atomic E-state index is 0. The van der Waals surface area contributed by atoms with E-state index >= 15 is 0 Å². The molecule has 2 unspecified atom stereocenters. The summed E-state index contributed by atoms with van der Waals surface area (Å²) in [5.74, 6) is -2.71. The molecule has 4 fully saturated rings. The summed E-state index contributed by atoms with van der Waals surface area (Å²) in [6.07, 6.45) is 13.2. The van der Waals surface area contributed by atoms with Crippen molar-refractivity contribution in [3.8, 4) is 0 Å². The van der Waals surface area contributed by atoms with Crippen molar-refractivity contribution < 1.29 is 47.8 Å². The van der Waals surface area contributed by atoms with Crippen molar-refractivity contribution in [3.05, 3.63) is 116 Å². The van der Waals surface area contributed by atoms with Crippen molar-refractivity contribution in [1.82, 2.24) is 41.5 Å². The molecule has 2 saturated heterocycles. The molecule has 83 heavy (non-hydrogen) atoms. The van der Waals surface area contributed by atoms with Crippen LogP contribution in [0.3, 0.4) is 0 Å². The van der Waals surface area contributed by atoms with Crippen LogP contribution in [0.5, 0.6) is 0 Å². The standard InChI is InChI=1S/C31H39Cl2N5O6.C26H31Cl2N5O4.2ClH/c1-5-43-29(41)24(13-18-9-11-20(12-10-18)36-28(40)26-22(32)15-34-16-23(26)33)37-27(39)25-14-21(35-19-7-6-8-19)17-38(25)30(42)44-31(2,3)4;1-2-37-26(36)22(33-24(34)21-11-18(12-30-21)31-16-4-3-5-16)10-15-6-8-17(9-7-15)32-25(35)23-19(27)13-29-14-20(23)28;;/h9-12,15-16,19,21,24-25,35H,5-8,13-14,17H2,1-4H3,(H,36,40)(H,37,39);6-9,13-14,16,18,21-22,30-31H,2-5,10-12H2,1H3,(H,32,35)(H,33,34);2*1H/t21?,24-,25-;18?,21-,22-;;/m00../s1. The molecule has 5 amide bonds. The molecule has 2 aromatic heterocycles. The fraction of sp³-hybridized carbons (Fsp3) is 0.491. The van der Waals surface area contributed by atoms with Gasteiger partial charge in [0.15, 0.2) is 0 Å². The number of aromatic nitrogens is 2. The van der Waals surface area contributed by atoms with E-state index in [9.17, 15) is 33.6 Å². The summed E-state index contributed by atoms with van der Waals surface area (Å²) in [5.41, 5.74) is 2.01. The van der Waals surface area contributed by atoms with Gasteiger partial charge in [-0.3, -0.25) is 34.0 Å². The molecule has 4 aromatic rings. The molecule has 4 aliphatic rings. The summed E-state index contributed by atoms with van der Waals surface area (Å²) in [6, 6.07) is 11.8. The normalized spacial score (nSPS) is 19.1. The molecule has 2 saturated carbocycles. The molecule has 7 N–H and O–H groups in total. The Kier molecular flexibility index (Phi) is 26.4. The average molecular weight is 1270 g/mol. The van der Waals surface area contributed by atoms with Crippen LogP contribution in [-0.4, -0.2) is 137 Å². The Bertz CT molecular complexity index is 2840. The van der Waals surface area contributed by atoms with Crippen LogP contribution in [0.25, 0.3) is 0 Å². The summed E-state index contributed by atoms with van der Waals surface area (Å²) in [6.45, 7) is 10.1. The molecule has 2 aliphatic carbocycles. The highest BCUT2D eigenvalue weighted by Gasteiger charge is 2.43. The van der Waals surface area contributed by atoms with Gasteiger partial charge in [0.25, 0.3) is 11.8 Å². The highest BCUT2D eigenvalue weighted by atomic mass is 35.5. The summed E-state index contributed by atoms with van der Waals surface area (Å²) in [5, 5.41) is 22.1. The fourth-order valence-corrected chi connectivity index (χ4v) is 10.7. The van der Waals surface area contributed by atoms with Crippen LogP contribution >= 0.6 is 71.2 Å². The number of hydrogen-bond donors (Lipinski definition) is 7. The number of anilines is 2. The van der Waals surface area contributed by atoms with Crippen LogP contribution in [0, 0.1) is 0 Å². The number of esters is 2. The molecule has 0 spiro atoms. The number of nitrogens with zero attached hydrogens (tertiary/aromatic N) is 3. The second-order valence-electron chi connectivity index (χ2n) is 21.4. The number of halogens is 6. The van der Waals surface area contributed by atoms with Gasteiger partial charge >= 0.3 is 18.0 Å². The third kappa shape index (κ3) is 19.8. The summed E-state index contributed by atoms with van der Waals surface area (Å²) in [4.78, 5) is 99.7. The Morgan fingerprint density at radius 2 is 1.04 bits per heavy atom. The Balaban J connectivity index is 0.000000301. The third-order valence-electron chi connectivity index (χ3n) is 14.1. The molecular formula is C57H72Cl6N10O10. The molecule has 0 radical (unpaired) electrons. The maximum absolute atomic E-state index is 13.6. The second-order valence-corrected chi connectivity index (χ2v) is 23.0. The van der Waals surface area contributed by atoms with Gasteiger partial charge < -0.3 is 51.4 Å². The van der Waals surface area contributed by atoms with Crippen LogP contribution in [0.15, 0.2) is 73.3 Å². The smallest absolute Gasteiger partial charge is 0.411 e. The maximum atomic E-state index is 13.6. The summed E-state index contributed by atoms with van der Waals surface area (Å²) >= 11 is 24.3. The van der Waals surface area contributed by atoms with Crippen molar-refractivity contribution in [3.63, 3.8) is 0 Å². The van der Waals surface area contributed by atoms with E-state index in [-0.39, 0.29) is 106 Å².